The minimum absolute atomic E-state index is 0.0576. The summed E-state index contributed by atoms with van der Waals surface area (Å²) in [6.07, 6.45) is -3.09. The standard InChI is InChI=1S/C19H22F4N2O2Si/c1-28(2,3)7-6-27-11-25-10-17(19(21,22)23)24-18(25)14-8-12-4-5-16(26)13(12)9-15(14)20/h8-10H,4-7,11H2,1-3H3. The van der Waals surface area contributed by atoms with E-state index < -0.39 is 25.8 Å². The van der Waals surface area contributed by atoms with E-state index >= 15 is 0 Å². The number of aromatic nitrogens is 2. The number of ketones is 1. The number of hydrogen-bond donors (Lipinski definition) is 0. The van der Waals surface area contributed by atoms with Crippen LogP contribution in [0.3, 0.4) is 0 Å². The molecule has 0 atom stereocenters. The number of Topliss-reactive ketones (excluding diaryl/α,β-unsaturated/α-hetero) is 1. The molecule has 1 aliphatic carbocycles. The second kappa shape index (κ2) is 7.44. The number of nitrogens with zero attached hydrogens (tertiary/aromatic N) is 2. The number of aryl methyl sites for hydroxylation is 1. The average molecular weight is 414 g/mol. The molecular weight excluding hydrogens is 392 g/mol. The average Bonchev–Trinajstić information content (AvgIpc) is 3.14. The van der Waals surface area contributed by atoms with Gasteiger partial charge in [0.2, 0.25) is 0 Å². The highest BCUT2D eigenvalue weighted by molar-refractivity contribution is 6.76. The van der Waals surface area contributed by atoms with Crippen molar-refractivity contribution in [1.82, 2.24) is 9.55 Å². The summed E-state index contributed by atoms with van der Waals surface area (Å²) in [7, 11) is -1.35. The van der Waals surface area contributed by atoms with E-state index in [4.69, 9.17) is 4.74 Å². The van der Waals surface area contributed by atoms with Gasteiger partial charge in [0, 0.05) is 32.9 Å². The molecule has 1 heterocycles. The van der Waals surface area contributed by atoms with Crippen molar-refractivity contribution in [3.8, 4) is 11.4 Å². The summed E-state index contributed by atoms with van der Waals surface area (Å²) in [5, 5.41) is 0. The molecule has 152 valence electrons. The molecule has 0 radical (unpaired) electrons. The van der Waals surface area contributed by atoms with E-state index in [0.717, 1.165) is 18.3 Å². The Balaban J connectivity index is 1.93. The molecule has 0 saturated carbocycles. The monoisotopic (exact) mass is 414 g/mol. The lowest BCUT2D eigenvalue weighted by Gasteiger charge is -2.16. The molecule has 0 N–H and O–H groups in total. The van der Waals surface area contributed by atoms with Crippen LogP contribution in [-0.2, 0) is 24.1 Å². The quantitative estimate of drug-likeness (QED) is 0.373. The van der Waals surface area contributed by atoms with E-state index in [2.05, 4.69) is 24.6 Å². The summed E-state index contributed by atoms with van der Waals surface area (Å²) >= 11 is 0. The lowest BCUT2D eigenvalue weighted by atomic mass is 10.0. The predicted octanol–water partition coefficient (Wildman–Crippen LogP) is 5.15. The number of carbonyl (C=O) groups excluding carboxylic acids is 1. The van der Waals surface area contributed by atoms with E-state index in [1.54, 1.807) is 0 Å². The summed E-state index contributed by atoms with van der Waals surface area (Å²) in [5.74, 6) is -1.08. The summed E-state index contributed by atoms with van der Waals surface area (Å²) in [6.45, 7) is 6.76. The van der Waals surface area contributed by atoms with Crippen molar-refractivity contribution in [1.29, 1.82) is 0 Å². The van der Waals surface area contributed by atoms with Crippen molar-refractivity contribution in [3.05, 3.63) is 41.0 Å². The first-order valence-corrected chi connectivity index (χ1v) is 12.7. The number of ether oxygens (including phenoxy) is 1. The fourth-order valence-corrected chi connectivity index (χ4v) is 3.80. The third kappa shape index (κ3) is 4.52. The number of halogens is 4. The Kier molecular flexibility index (Phi) is 5.50. The van der Waals surface area contributed by atoms with Crippen molar-refractivity contribution in [2.75, 3.05) is 6.61 Å². The Morgan fingerprint density at radius 1 is 1.18 bits per heavy atom. The van der Waals surface area contributed by atoms with E-state index in [9.17, 15) is 22.4 Å². The van der Waals surface area contributed by atoms with Crippen LogP contribution in [0.1, 0.15) is 28.0 Å². The van der Waals surface area contributed by atoms with Crippen LogP contribution in [0.25, 0.3) is 11.4 Å². The lowest BCUT2D eigenvalue weighted by molar-refractivity contribution is -0.141. The zero-order chi connectivity index (χ0) is 20.7. The highest BCUT2D eigenvalue weighted by atomic mass is 28.3. The van der Waals surface area contributed by atoms with Crippen molar-refractivity contribution >= 4 is 13.9 Å². The first-order chi connectivity index (χ1) is 13.0. The van der Waals surface area contributed by atoms with Crippen LogP contribution in [0.5, 0.6) is 0 Å². The van der Waals surface area contributed by atoms with E-state index in [0.29, 0.717) is 24.2 Å². The SMILES string of the molecule is C[Si](C)(C)CCOCn1cc(C(F)(F)F)nc1-c1cc2c(cc1F)C(=O)CC2. The van der Waals surface area contributed by atoms with Gasteiger partial charge in [-0.15, -0.1) is 0 Å². The lowest BCUT2D eigenvalue weighted by Crippen LogP contribution is -2.22. The fraction of sp³-hybridized carbons (Fsp3) is 0.474. The molecule has 0 fully saturated rings. The van der Waals surface area contributed by atoms with Gasteiger partial charge in [-0.2, -0.15) is 13.2 Å². The van der Waals surface area contributed by atoms with Gasteiger partial charge in [0.25, 0.3) is 0 Å². The second-order valence-electron chi connectivity index (χ2n) is 8.18. The number of alkyl halides is 3. The number of benzene rings is 1. The molecule has 0 saturated heterocycles. The first-order valence-electron chi connectivity index (χ1n) is 9.04. The van der Waals surface area contributed by atoms with Crippen LogP contribution >= 0.6 is 0 Å². The Morgan fingerprint density at radius 3 is 2.54 bits per heavy atom. The third-order valence-electron chi connectivity index (χ3n) is 4.65. The van der Waals surface area contributed by atoms with Gasteiger partial charge in [-0.25, -0.2) is 9.37 Å². The molecule has 1 aliphatic rings. The number of carbonyl (C=O) groups is 1. The molecule has 2 aromatic rings. The van der Waals surface area contributed by atoms with Gasteiger partial charge >= 0.3 is 6.18 Å². The number of fused-ring (bicyclic) bond motifs is 1. The maximum Gasteiger partial charge on any atom is 0.434 e. The summed E-state index contributed by atoms with van der Waals surface area (Å²) in [6, 6.07) is 3.38. The molecule has 3 rings (SSSR count). The van der Waals surface area contributed by atoms with Crippen LogP contribution in [0.2, 0.25) is 25.7 Å². The zero-order valence-electron chi connectivity index (χ0n) is 16.0. The van der Waals surface area contributed by atoms with Crippen LogP contribution in [0, 0.1) is 5.82 Å². The second-order valence-corrected chi connectivity index (χ2v) is 13.8. The Hall–Kier alpha value is -2.00. The molecule has 1 aromatic heterocycles. The minimum atomic E-state index is -4.65. The fourth-order valence-electron chi connectivity index (χ4n) is 3.05. The molecule has 9 heteroatoms. The Morgan fingerprint density at radius 2 is 1.89 bits per heavy atom. The van der Waals surface area contributed by atoms with Crippen molar-refractivity contribution < 1.29 is 27.1 Å². The van der Waals surface area contributed by atoms with Gasteiger partial charge in [-0.3, -0.25) is 4.79 Å². The highest BCUT2D eigenvalue weighted by Crippen LogP contribution is 2.34. The van der Waals surface area contributed by atoms with Gasteiger partial charge < -0.3 is 9.30 Å². The summed E-state index contributed by atoms with van der Waals surface area (Å²) < 4.78 is 60.8. The minimum Gasteiger partial charge on any atom is -0.361 e. The van der Waals surface area contributed by atoms with Crippen molar-refractivity contribution in [3.63, 3.8) is 0 Å². The van der Waals surface area contributed by atoms with E-state index in [1.807, 2.05) is 0 Å². The number of hydrogen-bond acceptors (Lipinski definition) is 3. The predicted molar refractivity (Wildman–Crippen MR) is 99.4 cm³/mol. The molecule has 0 aliphatic heterocycles. The maximum absolute atomic E-state index is 14.6. The smallest absolute Gasteiger partial charge is 0.361 e. The number of imidazole rings is 1. The molecule has 0 amide bonds. The van der Waals surface area contributed by atoms with Crippen molar-refractivity contribution in [2.45, 2.75) is 51.4 Å². The highest BCUT2D eigenvalue weighted by Gasteiger charge is 2.35. The Labute approximate surface area is 161 Å². The molecule has 4 nitrogen and oxygen atoms in total. The summed E-state index contributed by atoms with van der Waals surface area (Å²) in [5.41, 5.74) is -0.240. The molecule has 1 aromatic carbocycles. The van der Waals surface area contributed by atoms with Crippen LogP contribution in [0.15, 0.2) is 18.3 Å². The van der Waals surface area contributed by atoms with Crippen LogP contribution in [-0.4, -0.2) is 30.0 Å². The Bertz CT molecular complexity index is 901. The van der Waals surface area contributed by atoms with E-state index in [-0.39, 0.29) is 30.3 Å². The van der Waals surface area contributed by atoms with Gasteiger partial charge in [0.1, 0.15) is 18.4 Å². The van der Waals surface area contributed by atoms with Crippen LogP contribution in [0.4, 0.5) is 17.6 Å². The van der Waals surface area contributed by atoms with E-state index in [1.165, 1.54) is 10.6 Å². The number of rotatable bonds is 6. The first kappa shape index (κ1) is 20.7. The largest absolute Gasteiger partial charge is 0.434 e. The topological polar surface area (TPSA) is 44.1 Å². The summed E-state index contributed by atoms with van der Waals surface area (Å²) in [4.78, 5) is 15.4. The third-order valence-corrected chi connectivity index (χ3v) is 6.35. The van der Waals surface area contributed by atoms with Gasteiger partial charge in [0.15, 0.2) is 11.5 Å². The van der Waals surface area contributed by atoms with Gasteiger partial charge in [-0.05, 0) is 30.2 Å². The normalized spacial score (nSPS) is 14.6. The van der Waals surface area contributed by atoms with Gasteiger partial charge in [0.05, 0.1) is 5.56 Å². The molecule has 28 heavy (non-hydrogen) atoms. The van der Waals surface area contributed by atoms with Crippen LogP contribution < -0.4 is 0 Å². The molecular formula is C19H22F4N2O2Si. The zero-order valence-corrected chi connectivity index (χ0v) is 17.0. The van der Waals surface area contributed by atoms with Gasteiger partial charge in [-0.1, -0.05) is 19.6 Å². The maximum atomic E-state index is 14.6. The molecule has 0 unspecified atom stereocenters. The molecule has 0 spiro atoms. The van der Waals surface area contributed by atoms with Crippen molar-refractivity contribution in [2.24, 2.45) is 0 Å². The molecule has 0 bridgehead atoms.